The Morgan fingerprint density at radius 2 is 1.76 bits per heavy atom. The molecule has 0 fully saturated rings. The van der Waals surface area contributed by atoms with Crippen molar-refractivity contribution in [1.82, 2.24) is 0 Å². The molecule has 0 saturated heterocycles. The van der Waals surface area contributed by atoms with Crippen LogP contribution in [0.2, 0.25) is 0 Å². The van der Waals surface area contributed by atoms with Gasteiger partial charge in [0.2, 0.25) is 0 Å². The summed E-state index contributed by atoms with van der Waals surface area (Å²) in [6, 6.07) is 16.3. The molecule has 0 atom stereocenters. The summed E-state index contributed by atoms with van der Waals surface area (Å²) in [5.41, 5.74) is 4.56. The van der Waals surface area contributed by atoms with E-state index in [-0.39, 0.29) is 0 Å². The van der Waals surface area contributed by atoms with Crippen LogP contribution in [-0.2, 0) is 6.42 Å². The van der Waals surface area contributed by atoms with Crippen LogP contribution < -0.4 is 4.90 Å². The Bertz CT molecular complexity index is 579. The van der Waals surface area contributed by atoms with Crippen LogP contribution in [0.3, 0.4) is 0 Å². The first-order valence-electron chi connectivity index (χ1n) is 5.71. The molecule has 0 N–H and O–H groups in total. The zero-order valence-corrected chi connectivity index (χ0v) is 9.43. The molecule has 1 aliphatic rings. The quantitative estimate of drug-likeness (QED) is 0.661. The Hall–Kier alpha value is -2.27. The molecule has 1 heterocycles. The largest absolute Gasteiger partial charge is 0.341 e. The molecule has 0 aliphatic carbocycles. The van der Waals surface area contributed by atoms with Crippen LogP contribution in [0, 0.1) is 6.57 Å². The minimum atomic E-state index is 0.696. The first-order chi connectivity index (χ1) is 8.38. The lowest BCUT2D eigenvalue weighted by atomic mass is 10.2. The van der Waals surface area contributed by atoms with Crippen molar-refractivity contribution < 1.29 is 0 Å². The number of rotatable bonds is 1. The smallest absolute Gasteiger partial charge is 0.187 e. The molecule has 2 aromatic rings. The monoisotopic (exact) mass is 220 g/mol. The number of benzene rings is 2. The van der Waals surface area contributed by atoms with Gasteiger partial charge in [-0.2, -0.15) is 0 Å². The standard InChI is InChI=1S/C15H12N2/c1-16-13-6-8-14(9-7-13)17-11-10-12-4-2-3-5-15(12)17/h2-9H,10-11H2. The average Bonchev–Trinajstić information content (AvgIpc) is 2.83. The Morgan fingerprint density at radius 3 is 2.53 bits per heavy atom. The Morgan fingerprint density at radius 1 is 1.00 bits per heavy atom. The van der Waals surface area contributed by atoms with Crippen LogP contribution in [-0.4, -0.2) is 6.54 Å². The van der Waals surface area contributed by atoms with E-state index >= 15 is 0 Å². The zero-order chi connectivity index (χ0) is 11.7. The molecule has 0 spiro atoms. The number of nitrogens with zero attached hydrogens (tertiary/aromatic N) is 2. The van der Waals surface area contributed by atoms with Gasteiger partial charge in [-0.3, -0.25) is 0 Å². The van der Waals surface area contributed by atoms with Gasteiger partial charge in [-0.15, -0.1) is 0 Å². The fourth-order valence-corrected chi connectivity index (χ4v) is 2.31. The minimum Gasteiger partial charge on any atom is -0.341 e. The van der Waals surface area contributed by atoms with Gasteiger partial charge in [0, 0.05) is 17.9 Å². The second kappa shape index (κ2) is 3.95. The molecule has 2 aromatic carbocycles. The third kappa shape index (κ3) is 1.66. The van der Waals surface area contributed by atoms with E-state index in [1.807, 2.05) is 24.3 Å². The fraction of sp³-hybridized carbons (Fsp3) is 0.133. The maximum Gasteiger partial charge on any atom is 0.187 e. The van der Waals surface area contributed by atoms with Gasteiger partial charge in [-0.1, -0.05) is 30.3 Å². The van der Waals surface area contributed by atoms with Gasteiger partial charge < -0.3 is 4.90 Å². The van der Waals surface area contributed by atoms with E-state index in [4.69, 9.17) is 6.57 Å². The average molecular weight is 220 g/mol. The molecule has 0 saturated carbocycles. The molecule has 82 valence electrons. The summed E-state index contributed by atoms with van der Waals surface area (Å²) in [5, 5.41) is 0. The molecule has 2 nitrogen and oxygen atoms in total. The highest BCUT2D eigenvalue weighted by atomic mass is 15.2. The van der Waals surface area contributed by atoms with Crippen LogP contribution in [0.25, 0.3) is 4.85 Å². The third-order valence-corrected chi connectivity index (χ3v) is 3.18. The first kappa shape index (κ1) is 9.92. The highest BCUT2D eigenvalue weighted by Crippen LogP contribution is 2.34. The van der Waals surface area contributed by atoms with E-state index in [1.54, 1.807) is 0 Å². The summed E-state index contributed by atoms with van der Waals surface area (Å²) in [6.45, 7) is 7.98. The van der Waals surface area contributed by atoms with Gasteiger partial charge in [0.05, 0.1) is 6.57 Å². The molecular formula is C15H12N2. The van der Waals surface area contributed by atoms with E-state index in [0.29, 0.717) is 5.69 Å². The topological polar surface area (TPSA) is 7.60 Å². The summed E-state index contributed by atoms with van der Waals surface area (Å²) < 4.78 is 0. The van der Waals surface area contributed by atoms with Crippen molar-refractivity contribution >= 4 is 17.1 Å². The summed E-state index contributed by atoms with van der Waals surface area (Å²) in [4.78, 5) is 5.72. The van der Waals surface area contributed by atoms with Crippen molar-refractivity contribution in [2.45, 2.75) is 6.42 Å². The van der Waals surface area contributed by atoms with Crippen LogP contribution in [0.5, 0.6) is 0 Å². The molecule has 1 aliphatic heterocycles. The van der Waals surface area contributed by atoms with E-state index in [0.717, 1.165) is 13.0 Å². The van der Waals surface area contributed by atoms with Gasteiger partial charge in [-0.05, 0) is 30.2 Å². The molecule has 17 heavy (non-hydrogen) atoms. The van der Waals surface area contributed by atoms with Crippen LogP contribution in [0.1, 0.15) is 5.56 Å². The van der Waals surface area contributed by atoms with Gasteiger partial charge >= 0.3 is 0 Å². The second-order valence-electron chi connectivity index (χ2n) is 4.16. The van der Waals surface area contributed by atoms with Crippen molar-refractivity contribution in [3.8, 4) is 0 Å². The van der Waals surface area contributed by atoms with Gasteiger partial charge in [0.15, 0.2) is 5.69 Å². The van der Waals surface area contributed by atoms with Crippen LogP contribution in [0.15, 0.2) is 48.5 Å². The highest BCUT2D eigenvalue weighted by Gasteiger charge is 2.19. The highest BCUT2D eigenvalue weighted by molar-refractivity contribution is 5.70. The number of hydrogen-bond acceptors (Lipinski definition) is 1. The normalized spacial score (nSPS) is 13.2. The number of para-hydroxylation sites is 1. The van der Waals surface area contributed by atoms with Crippen molar-refractivity contribution in [2.75, 3.05) is 11.4 Å². The predicted octanol–water partition coefficient (Wildman–Crippen LogP) is 3.93. The van der Waals surface area contributed by atoms with Crippen molar-refractivity contribution in [3.63, 3.8) is 0 Å². The first-order valence-corrected chi connectivity index (χ1v) is 5.71. The molecule has 0 aromatic heterocycles. The molecule has 0 unspecified atom stereocenters. The summed E-state index contributed by atoms with van der Waals surface area (Å²) in [5.74, 6) is 0. The van der Waals surface area contributed by atoms with Gasteiger partial charge in [-0.25, -0.2) is 4.85 Å². The molecule has 0 amide bonds. The minimum absolute atomic E-state index is 0.696. The molecule has 0 radical (unpaired) electrons. The van der Waals surface area contributed by atoms with Gasteiger partial charge in [0.1, 0.15) is 0 Å². The summed E-state index contributed by atoms with van der Waals surface area (Å²) in [6.07, 6.45) is 1.10. The molecular weight excluding hydrogens is 208 g/mol. The van der Waals surface area contributed by atoms with Crippen LogP contribution >= 0.6 is 0 Å². The maximum absolute atomic E-state index is 6.95. The lowest BCUT2D eigenvalue weighted by Crippen LogP contribution is -2.12. The van der Waals surface area contributed by atoms with Crippen molar-refractivity contribution in [2.24, 2.45) is 0 Å². The third-order valence-electron chi connectivity index (χ3n) is 3.18. The lowest BCUT2D eigenvalue weighted by Gasteiger charge is -2.19. The van der Waals surface area contributed by atoms with Crippen molar-refractivity contribution in [3.05, 3.63) is 65.5 Å². The molecule has 2 heteroatoms. The number of anilines is 2. The Balaban J connectivity index is 1.99. The number of hydrogen-bond donors (Lipinski definition) is 0. The fourth-order valence-electron chi connectivity index (χ4n) is 2.31. The Labute approximate surface area is 101 Å². The molecule has 0 bridgehead atoms. The maximum atomic E-state index is 6.95. The second-order valence-corrected chi connectivity index (χ2v) is 4.16. The van der Waals surface area contributed by atoms with E-state index in [2.05, 4.69) is 34.0 Å². The SMILES string of the molecule is [C-]#[N+]c1ccc(N2CCc3ccccc32)cc1. The van der Waals surface area contributed by atoms with E-state index in [9.17, 15) is 0 Å². The summed E-state index contributed by atoms with van der Waals surface area (Å²) in [7, 11) is 0. The predicted molar refractivity (Wildman–Crippen MR) is 69.9 cm³/mol. The summed E-state index contributed by atoms with van der Waals surface area (Å²) >= 11 is 0. The lowest BCUT2D eigenvalue weighted by molar-refractivity contribution is 0.999. The number of fused-ring (bicyclic) bond motifs is 1. The Kier molecular flexibility index (Phi) is 2.31. The van der Waals surface area contributed by atoms with E-state index in [1.165, 1.54) is 16.9 Å². The van der Waals surface area contributed by atoms with Crippen LogP contribution in [0.4, 0.5) is 17.1 Å². The van der Waals surface area contributed by atoms with Crippen molar-refractivity contribution in [1.29, 1.82) is 0 Å². The van der Waals surface area contributed by atoms with Gasteiger partial charge in [0.25, 0.3) is 0 Å². The van der Waals surface area contributed by atoms with E-state index < -0.39 is 0 Å². The molecule has 3 rings (SSSR count). The zero-order valence-electron chi connectivity index (χ0n) is 9.43.